The summed E-state index contributed by atoms with van der Waals surface area (Å²) in [6, 6.07) is 11.0. The molecule has 1 N–H and O–H groups in total. The summed E-state index contributed by atoms with van der Waals surface area (Å²) in [6.07, 6.45) is 0. The third-order valence-corrected chi connectivity index (χ3v) is 2.68. The van der Waals surface area contributed by atoms with Crippen molar-refractivity contribution < 1.29 is 4.74 Å². The van der Waals surface area contributed by atoms with Crippen LogP contribution in [0.3, 0.4) is 0 Å². The highest BCUT2D eigenvalue weighted by molar-refractivity contribution is 5.21. The average molecular weight is 258 g/mol. The van der Waals surface area contributed by atoms with Crippen LogP contribution in [0, 0.1) is 0 Å². The fourth-order valence-corrected chi connectivity index (χ4v) is 1.63. The van der Waals surface area contributed by atoms with Crippen molar-refractivity contribution in [1.82, 2.24) is 9.97 Å². The van der Waals surface area contributed by atoms with Gasteiger partial charge in [-0.25, -0.2) is 4.98 Å². The number of hydrogen-bond acceptors (Lipinski definition) is 3. The second-order valence-electron chi connectivity index (χ2n) is 5.43. The molecule has 19 heavy (non-hydrogen) atoms. The first-order valence-electron chi connectivity index (χ1n) is 6.24. The molecule has 0 atom stereocenters. The molecule has 0 aliphatic rings. The van der Waals surface area contributed by atoms with Gasteiger partial charge in [0.05, 0.1) is 5.69 Å². The lowest BCUT2D eigenvalue weighted by Gasteiger charge is -2.17. The molecule has 1 aromatic carbocycles. The van der Waals surface area contributed by atoms with E-state index in [0.717, 1.165) is 11.4 Å². The zero-order chi connectivity index (χ0) is 13.9. The molecule has 1 aromatic heterocycles. The summed E-state index contributed by atoms with van der Waals surface area (Å²) in [5.74, 6) is 1.30. The molecule has 4 heteroatoms. The minimum atomic E-state index is -0.157. The van der Waals surface area contributed by atoms with Crippen LogP contribution in [0.4, 0.5) is 0 Å². The Kier molecular flexibility index (Phi) is 3.69. The van der Waals surface area contributed by atoms with E-state index in [1.807, 2.05) is 51.1 Å². The maximum absolute atomic E-state index is 11.6. The van der Waals surface area contributed by atoms with E-state index >= 15 is 0 Å². The van der Waals surface area contributed by atoms with Crippen LogP contribution < -0.4 is 10.3 Å². The van der Waals surface area contributed by atoms with Crippen molar-refractivity contribution in [3.05, 3.63) is 58.3 Å². The van der Waals surface area contributed by atoms with Gasteiger partial charge in [-0.3, -0.25) is 4.79 Å². The van der Waals surface area contributed by atoms with Gasteiger partial charge >= 0.3 is 0 Å². The van der Waals surface area contributed by atoms with Gasteiger partial charge < -0.3 is 9.72 Å². The van der Waals surface area contributed by atoms with E-state index in [0.29, 0.717) is 5.82 Å². The molecule has 2 aromatic rings. The van der Waals surface area contributed by atoms with Crippen LogP contribution in [-0.2, 0) is 12.0 Å². The van der Waals surface area contributed by atoms with Gasteiger partial charge in [-0.1, -0.05) is 39.0 Å². The molecule has 0 radical (unpaired) electrons. The summed E-state index contributed by atoms with van der Waals surface area (Å²) in [5.41, 5.74) is 0.463. The third kappa shape index (κ3) is 3.68. The van der Waals surface area contributed by atoms with Crippen molar-refractivity contribution in [2.75, 3.05) is 0 Å². The zero-order valence-corrected chi connectivity index (χ0v) is 11.4. The molecule has 0 amide bonds. The van der Waals surface area contributed by atoms with E-state index in [4.69, 9.17) is 4.74 Å². The van der Waals surface area contributed by atoms with Crippen molar-refractivity contribution in [3.63, 3.8) is 0 Å². The standard InChI is InChI=1S/C15H18N2O2/c1-15(2,3)12-9-14(18)17-13(16-12)10-19-11-7-5-4-6-8-11/h4-9H,10H2,1-3H3,(H,16,17,18). The number of hydrogen-bond donors (Lipinski definition) is 1. The minimum Gasteiger partial charge on any atom is -0.486 e. The lowest BCUT2D eigenvalue weighted by molar-refractivity contribution is 0.294. The molecule has 0 aliphatic heterocycles. The molecule has 0 saturated heterocycles. The summed E-state index contributed by atoms with van der Waals surface area (Å²) in [6.45, 7) is 6.33. The Labute approximate surface area is 112 Å². The summed E-state index contributed by atoms with van der Waals surface area (Å²) in [7, 11) is 0. The predicted molar refractivity (Wildman–Crippen MR) is 74.3 cm³/mol. The van der Waals surface area contributed by atoms with Crippen LogP contribution in [-0.4, -0.2) is 9.97 Å². The Hall–Kier alpha value is -2.10. The maximum Gasteiger partial charge on any atom is 0.251 e. The largest absolute Gasteiger partial charge is 0.486 e. The topological polar surface area (TPSA) is 55.0 Å². The van der Waals surface area contributed by atoms with Crippen LogP contribution >= 0.6 is 0 Å². The monoisotopic (exact) mass is 258 g/mol. The first-order valence-corrected chi connectivity index (χ1v) is 6.24. The van der Waals surface area contributed by atoms with Gasteiger partial charge in [-0.2, -0.15) is 0 Å². The number of benzene rings is 1. The Bertz CT molecular complexity index is 598. The first-order chi connectivity index (χ1) is 8.95. The van der Waals surface area contributed by atoms with Crippen molar-refractivity contribution in [2.45, 2.75) is 32.8 Å². The number of aromatic amines is 1. The number of para-hydroxylation sites is 1. The highest BCUT2D eigenvalue weighted by atomic mass is 16.5. The van der Waals surface area contributed by atoms with E-state index in [1.54, 1.807) is 0 Å². The van der Waals surface area contributed by atoms with E-state index in [-0.39, 0.29) is 17.6 Å². The second-order valence-corrected chi connectivity index (χ2v) is 5.43. The molecule has 2 rings (SSSR count). The molecule has 100 valence electrons. The van der Waals surface area contributed by atoms with Crippen LogP contribution in [0.2, 0.25) is 0 Å². The molecule has 0 saturated carbocycles. The van der Waals surface area contributed by atoms with Gasteiger partial charge in [-0.15, -0.1) is 0 Å². The lowest BCUT2D eigenvalue weighted by Crippen LogP contribution is -2.21. The van der Waals surface area contributed by atoms with Crippen LogP contribution in [0.5, 0.6) is 5.75 Å². The Morgan fingerprint density at radius 1 is 1.21 bits per heavy atom. The molecular weight excluding hydrogens is 240 g/mol. The molecule has 1 heterocycles. The Balaban J connectivity index is 2.17. The minimum absolute atomic E-state index is 0.147. The molecule has 0 bridgehead atoms. The van der Waals surface area contributed by atoms with Gasteiger partial charge in [0.25, 0.3) is 5.56 Å². The fraction of sp³-hybridized carbons (Fsp3) is 0.333. The summed E-state index contributed by atoms with van der Waals surface area (Å²) in [4.78, 5) is 18.8. The Morgan fingerprint density at radius 3 is 2.53 bits per heavy atom. The molecule has 4 nitrogen and oxygen atoms in total. The first kappa shape index (κ1) is 13.3. The average Bonchev–Trinajstić information content (AvgIpc) is 2.36. The highest BCUT2D eigenvalue weighted by Crippen LogP contribution is 2.18. The van der Waals surface area contributed by atoms with E-state index < -0.39 is 0 Å². The molecule has 0 spiro atoms. The normalized spacial score (nSPS) is 11.3. The predicted octanol–water partition coefficient (Wildman–Crippen LogP) is 2.65. The number of rotatable bonds is 3. The quantitative estimate of drug-likeness (QED) is 0.920. The number of H-pyrrole nitrogens is 1. The van der Waals surface area contributed by atoms with Crippen molar-refractivity contribution in [1.29, 1.82) is 0 Å². The number of nitrogens with one attached hydrogen (secondary N) is 1. The van der Waals surface area contributed by atoms with Gasteiger partial charge in [-0.05, 0) is 12.1 Å². The molecule has 0 aliphatic carbocycles. The SMILES string of the molecule is CC(C)(C)c1cc(=O)[nH]c(COc2ccccc2)n1. The van der Waals surface area contributed by atoms with Crippen molar-refractivity contribution >= 4 is 0 Å². The summed E-state index contributed by atoms with van der Waals surface area (Å²) < 4.78 is 5.58. The molecular formula is C15H18N2O2. The summed E-state index contributed by atoms with van der Waals surface area (Å²) >= 11 is 0. The van der Waals surface area contributed by atoms with E-state index in [1.165, 1.54) is 6.07 Å². The Morgan fingerprint density at radius 2 is 1.89 bits per heavy atom. The van der Waals surface area contributed by atoms with Crippen LogP contribution in [0.25, 0.3) is 0 Å². The van der Waals surface area contributed by atoms with E-state index in [9.17, 15) is 4.79 Å². The van der Waals surface area contributed by atoms with E-state index in [2.05, 4.69) is 9.97 Å². The molecule has 0 unspecified atom stereocenters. The van der Waals surface area contributed by atoms with Gasteiger partial charge in [0, 0.05) is 11.5 Å². The van der Waals surface area contributed by atoms with Crippen LogP contribution in [0.15, 0.2) is 41.2 Å². The number of nitrogens with zero attached hydrogens (tertiary/aromatic N) is 1. The van der Waals surface area contributed by atoms with Gasteiger partial charge in [0.15, 0.2) is 0 Å². The number of ether oxygens (including phenoxy) is 1. The fourth-order valence-electron chi connectivity index (χ4n) is 1.63. The maximum atomic E-state index is 11.6. The summed E-state index contributed by atoms with van der Waals surface area (Å²) in [5, 5.41) is 0. The highest BCUT2D eigenvalue weighted by Gasteiger charge is 2.17. The molecule has 0 fully saturated rings. The third-order valence-electron chi connectivity index (χ3n) is 2.68. The van der Waals surface area contributed by atoms with Crippen molar-refractivity contribution in [2.24, 2.45) is 0 Å². The second kappa shape index (κ2) is 5.26. The van der Waals surface area contributed by atoms with Gasteiger partial charge in [0.2, 0.25) is 0 Å². The number of aromatic nitrogens is 2. The zero-order valence-electron chi connectivity index (χ0n) is 11.4. The van der Waals surface area contributed by atoms with Crippen molar-refractivity contribution in [3.8, 4) is 5.75 Å². The lowest BCUT2D eigenvalue weighted by atomic mass is 9.92. The van der Waals surface area contributed by atoms with Crippen LogP contribution in [0.1, 0.15) is 32.3 Å². The smallest absolute Gasteiger partial charge is 0.251 e. The van der Waals surface area contributed by atoms with Gasteiger partial charge in [0.1, 0.15) is 18.2 Å².